The number of sulfonamides is 1. The van der Waals surface area contributed by atoms with Crippen molar-refractivity contribution in [2.24, 2.45) is 0 Å². The van der Waals surface area contributed by atoms with Gasteiger partial charge in [0, 0.05) is 25.6 Å². The van der Waals surface area contributed by atoms with E-state index in [1.807, 2.05) is 45.0 Å². The highest BCUT2D eigenvalue weighted by Crippen LogP contribution is 2.30. The maximum atomic E-state index is 13.6. The molecule has 2 atom stereocenters. The first-order chi connectivity index (χ1) is 18.0. The van der Waals surface area contributed by atoms with Gasteiger partial charge in [0.1, 0.15) is 17.5 Å². The van der Waals surface area contributed by atoms with E-state index in [0.717, 1.165) is 18.2 Å². The minimum absolute atomic E-state index is 0.0151. The third-order valence-electron chi connectivity index (χ3n) is 6.40. The minimum Gasteiger partial charge on any atom is -0.497 e. The van der Waals surface area contributed by atoms with Crippen molar-refractivity contribution in [2.45, 2.75) is 65.1 Å². The van der Waals surface area contributed by atoms with Gasteiger partial charge in [-0.1, -0.05) is 38.1 Å². The van der Waals surface area contributed by atoms with Gasteiger partial charge in [-0.05, 0) is 56.0 Å². The van der Waals surface area contributed by atoms with Crippen LogP contribution in [-0.2, 0) is 26.2 Å². The lowest BCUT2D eigenvalue weighted by Gasteiger charge is -2.32. The van der Waals surface area contributed by atoms with Crippen molar-refractivity contribution in [3.63, 3.8) is 0 Å². The monoisotopic (exact) mass is 547 g/mol. The number of para-hydroxylation sites is 2. The summed E-state index contributed by atoms with van der Waals surface area (Å²) in [7, 11) is -0.556. The molecule has 2 aromatic carbocycles. The fraction of sp³-hybridized carbons (Fsp3) is 0.500. The van der Waals surface area contributed by atoms with Crippen LogP contribution >= 0.6 is 0 Å². The van der Waals surface area contributed by atoms with Gasteiger partial charge in [-0.25, -0.2) is 8.42 Å². The molecule has 10 heteroatoms. The summed E-state index contributed by atoms with van der Waals surface area (Å²) in [4.78, 5) is 28.3. The number of amides is 2. The average Bonchev–Trinajstić information content (AvgIpc) is 2.90. The lowest BCUT2D eigenvalue weighted by Crippen LogP contribution is -2.50. The van der Waals surface area contributed by atoms with Crippen LogP contribution in [0, 0.1) is 0 Å². The Hall–Kier alpha value is -3.27. The number of benzene rings is 2. The molecule has 0 radical (unpaired) electrons. The number of nitrogens with one attached hydrogen (secondary N) is 1. The zero-order chi connectivity index (χ0) is 28.3. The van der Waals surface area contributed by atoms with Crippen molar-refractivity contribution in [2.75, 3.05) is 31.3 Å². The number of nitrogens with zero attached hydrogens (tertiary/aromatic N) is 2. The molecular weight excluding hydrogens is 506 g/mol. The molecule has 0 heterocycles. The predicted molar refractivity (Wildman–Crippen MR) is 150 cm³/mol. The molecule has 1 N–H and O–H groups in total. The molecule has 0 aliphatic heterocycles. The smallest absolute Gasteiger partial charge is 0.243 e. The minimum atomic E-state index is -3.62. The summed E-state index contributed by atoms with van der Waals surface area (Å²) in [5.41, 5.74) is 1.28. The van der Waals surface area contributed by atoms with Crippen LogP contribution in [0.15, 0.2) is 48.5 Å². The quantitative estimate of drug-likeness (QED) is 0.362. The van der Waals surface area contributed by atoms with E-state index in [-0.39, 0.29) is 43.8 Å². The molecule has 2 amide bonds. The first-order valence-corrected chi connectivity index (χ1v) is 14.7. The number of carbonyl (C=O) groups excluding carboxylic acids is 2. The molecule has 2 unspecified atom stereocenters. The molecule has 0 aliphatic rings. The van der Waals surface area contributed by atoms with Gasteiger partial charge in [-0.15, -0.1) is 0 Å². The van der Waals surface area contributed by atoms with Crippen molar-refractivity contribution in [1.82, 2.24) is 10.2 Å². The molecular formula is C28H41N3O6S. The van der Waals surface area contributed by atoms with Crippen molar-refractivity contribution in [3.05, 3.63) is 54.1 Å². The highest BCUT2D eigenvalue weighted by atomic mass is 32.2. The zero-order valence-corrected chi connectivity index (χ0v) is 24.1. The van der Waals surface area contributed by atoms with E-state index < -0.39 is 16.1 Å². The number of hydrogen-bond acceptors (Lipinski definition) is 6. The SMILES string of the molecule is CCC(C)NC(=O)C(CC)N(Cc1ccc(OC)cc1)C(=O)CCCN(c1ccccc1OC)S(C)(=O)=O. The Kier molecular flexibility index (Phi) is 11.9. The Bertz CT molecular complexity index is 1150. The van der Waals surface area contributed by atoms with Crippen molar-refractivity contribution in [3.8, 4) is 11.5 Å². The van der Waals surface area contributed by atoms with Crippen LogP contribution in [0.25, 0.3) is 0 Å². The van der Waals surface area contributed by atoms with E-state index in [9.17, 15) is 18.0 Å². The van der Waals surface area contributed by atoms with E-state index in [1.165, 1.54) is 11.4 Å². The molecule has 0 aliphatic carbocycles. The van der Waals surface area contributed by atoms with E-state index in [0.29, 0.717) is 23.6 Å². The number of methoxy groups -OCH3 is 2. The van der Waals surface area contributed by atoms with Crippen LogP contribution in [-0.4, -0.2) is 64.2 Å². The number of anilines is 1. The van der Waals surface area contributed by atoms with Crippen LogP contribution in [0.2, 0.25) is 0 Å². The van der Waals surface area contributed by atoms with Crippen molar-refractivity contribution >= 4 is 27.5 Å². The molecule has 9 nitrogen and oxygen atoms in total. The van der Waals surface area contributed by atoms with Crippen LogP contribution in [0.3, 0.4) is 0 Å². The van der Waals surface area contributed by atoms with Crippen molar-refractivity contribution < 1.29 is 27.5 Å². The Morgan fingerprint density at radius 2 is 1.63 bits per heavy atom. The maximum absolute atomic E-state index is 13.6. The fourth-order valence-corrected chi connectivity index (χ4v) is 5.08. The zero-order valence-electron chi connectivity index (χ0n) is 23.3. The van der Waals surface area contributed by atoms with Gasteiger partial charge in [0.25, 0.3) is 0 Å². The molecule has 0 fully saturated rings. The molecule has 0 aromatic heterocycles. The fourth-order valence-electron chi connectivity index (χ4n) is 4.11. The number of rotatable bonds is 15. The molecule has 38 heavy (non-hydrogen) atoms. The Balaban J connectivity index is 2.25. The van der Waals surface area contributed by atoms with E-state index in [4.69, 9.17) is 9.47 Å². The van der Waals surface area contributed by atoms with Gasteiger partial charge in [-0.3, -0.25) is 13.9 Å². The summed E-state index contributed by atoms with van der Waals surface area (Å²) in [5, 5.41) is 2.99. The highest BCUT2D eigenvalue weighted by Gasteiger charge is 2.29. The van der Waals surface area contributed by atoms with Crippen LogP contribution in [0.4, 0.5) is 5.69 Å². The standard InChI is InChI=1S/C28H41N3O6S/c1-7-21(3)29-28(33)24(8-2)30(20-22-15-17-23(36-4)18-16-22)27(32)14-11-19-31(38(6,34)35)25-12-9-10-13-26(25)37-5/h9-10,12-13,15-18,21,24H,7-8,11,14,19-20H2,1-6H3,(H,29,33). The Labute approximate surface area is 227 Å². The van der Waals surface area contributed by atoms with Crippen LogP contribution in [0.5, 0.6) is 11.5 Å². The van der Waals surface area contributed by atoms with Gasteiger partial charge in [0.2, 0.25) is 21.8 Å². The van der Waals surface area contributed by atoms with Crippen LogP contribution < -0.4 is 19.1 Å². The summed E-state index contributed by atoms with van der Waals surface area (Å²) in [6.45, 7) is 6.14. The summed E-state index contributed by atoms with van der Waals surface area (Å²) in [6, 6.07) is 13.6. The third kappa shape index (κ3) is 8.65. The number of hydrogen-bond donors (Lipinski definition) is 1. The first-order valence-electron chi connectivity index (χ1n) is 12.9. The molecule has 0 saturated carbocycles. The van der Waals surface area contributed by atoms with E-state index in [1.54, 1.807) is 36.3 Å². The molecule has 0 spiro atoms. The Morgan fingerprint density at radius 3 is 2.18 bits per heavy atom. The van der Waals surface area contributed by atoms with Gasteiger partial charge < -0.3 is 19.7 Å². The second-order valence-corrected chi connectivity index (χ2v) is 11.1. The van der Waals surface area contributed by atoms with Gasteiger partial charge in [-0.2, -0.15) is 0 Å². The largest absolute Gasteiger partial charge is 0.497 e. The molecule has 2 aromatic rings. The first kappa shape index (κ1) is 31.0. The normalized spacial score (nSPS) is 12.8. The average molecular weight is 548 g/mol. The number of carbonyl (C=O) groups is 2. The summed E-state index contributed by atoms with van der Waals surface area (Å²) >= 11 is 0. The van der Waals surface area contributed by atoms with Crippen molar-refractivity contribution in [1.29, 1.82) is 0 Å². The Morgan fingerprint density at radius 1 is 0.974 bits per heavy atom. The third-order valence-corrected chi connectivity index (χ3v) is 7.58. The second kappa shape index (κ2) is 14.6. The van der Waals surface area contributed by atoms with E-state index >= 15 is 0 Å². The number of ether oxygens (including phenoxy) is 2. The second-order valence-electron chi connectivity index (χ2n) is 9.22. The molecule has 0 saturated heterocycles. The summed E-state index contributed by atoms with van der Waals surface area (Å²) < 4.78 is 37.0. The molecule has 0 bridgehead atoms. The summed E-state index contributed by atoms with van der Waals surface area (Å²) in [6.07, 6.45) is 2.69. The topological polar surface area (TPSA) is 105 Å². The van der Waals surface area contributed by atoms with Gasteiger partial charge >= 0.3 is 0 Å². The summed E-state index contributed by atoms with van der Waals surface area (Å²) in [5.74, 6) is 0.708. The molecule has 2 rings (SSSR count). The maximum Gasteiger partial charge on any atom is 0.243 e. The van der Waals surface area contributed by atoms with Crippen LogP contribution in [0.1, 0.15) is 52.0 Å². The van der Waals surface area contributed by atoms with Gasteiger partial charge in [0.15, 0.2) is 0 Å². The lowest BCUT2D eigenvalue weighted by atomic mass is 10.1. The highest BCUT2D eigenvalue weighted by molar-refractivity contribution is 7.92. The van der Waals surface area contributed by atoms with E-state index in [2.05, 4.69) is 5.32 Å². The molecule has 210 valence electrons. The van der Waals surface area contributed by atoms with Gasteiger partial charge in [0.05, 0.1) is 26.2 Å². The lowest BCUT2D eigenvalue weighted by molar-refractivity contribution is -0.141. The predicted octanol–water partition coefficient (Wildman–Crippen LogP) is 3.97.